The summed E-state index contributed by atoms with van der Waals surface area (Å²) >= 11 is 0. The predicted octanol–water partition coefficient (Wildman–Crippen LogP) is 1.39. The zero-order valence-corrected chi connectivity index (χ0v) is 13.6. The Balaban J connectivity index is 1.43. The zero-order chi connectivity index (χ0) is 15.9. The lowest BCUT2D eigenvalue weighted by atomic mass is 9.99. The molecule has 124 valence electrons. The van der Waals surface area contributed by atoms with Crippen LogP contribution in [0.1, 0.15) is 33.6 Å². The average molecular weight is 310 g/mol. The molecule has 0 aromatic carbocycles. The molecule has 0 radical (unpaired) electrons. The zero-order valence-electron chi connectivity index (χ0n) is 13.6. The lowest BCUT2D eigenvalue weighted by Crippen LogP contribution is -2.42. The standard InChI is InChI=1S/C16H26N2O4/c1-16(2,3)22-15(20)18-8-11-12(9-18)13(11)17-14(19)10-4-6-21-7-5-10/h10-13H,4-9H2,1-3H3,(H,17,19)/t11-,12+,13?. The molecule has 1 aliphatic carbocycles. The molecular weight excluding hydrogens is 284 g/mol. The highest BCUT2D eigenvalue weighted by molar-refractivity contribution is 5.79. The summed E-state index contributed by atoms with van der Waals surface area (Å²) in [7, 11) is 0. The molecule has 3 fully saturated rings. The van der Waals surface area contributed by atoms with Gasteiger partial charge in [-0.05, 0) is 33.6 Å². The molecule has 0 aromatic heterocycles. The maximum Gasteiger partial charge on any atom is 0.410 e. The van der Waals surface area contributed by atoms with Crippen LogP contribution in [0.5, 0.6) is 0 Å². The maximum absolute atomic E-state index is 12.2. The summed E-state index contributed by atoms with van der Waals surface area (Å²) in [6.45, 7) is 8.37. The third-order valence-electron chi connectivity index (χ3n) is 4.75. The number of fused-ring (bicyclic) bond motifs is 1. The van der Waals surface area contributed by atoms with Crippen LogP contribution >= 0.6 is 0 Å². The molecule has 3 aliphatic rings. The van der Waals surface area contributed by atoms with Gasteiger partial charge in [0.2, 0.25) is 5.91 Å². The molecule has 6 nitrogen and oxygen atoms in total. The molecular formula is C16H26N2O4. The van der Waals surface area contributed by atoms with Gasteiger partial charge in [0.05, 0.1) is 0 Å². The smallest absolute Gasteiger partial charge is 0.410 e. The van der Waals surface area contributed by atoms with Crippen LogP contribution < -0.4 is 5.32 Å². The fourth-order valence-corrected chi connectivity index (χ4v) is 3.46. The van der Waals surface area contributed by atoms with E-state index in [0.29, 0.717) is 38.1 Å². The summed E-state index contributed by atoms with van der Waals surface area (Å²) in [6, 6.07) is 0.244. The first-order valence-electron chi connectivity index (χ1n) is 8.21. The maximum atomic E-state index is 12.2. The Hall–Kier alpha value is -1.30. The van der Waals surface area contributed by atoms with E-state index in [1.807, 2.05) is 20.8 Å². The Morgan fingerprint density at radius 1 is 1.14 bits per heavy atom. The number of carbonyl (C=O) groups is 2. The van der Waals surface area contributed by atoms with Crippen LogP contribution in [-0.4, -0.2) is 54.8 Å². The Morgan fingerprint density at radius 2 is 1.73 bits per heavy atom. The van der Waals surface area contributed by atoms with Crippen LogP contribution in [0.25, 0.3) is 0 Å². The first-order chi connectivity index (χ1) is 10.3. The second-order valence-corrected chi connectivity index (χ2v) is 7.63. The van der Waals surface area contributed by atoms with Gasteiger partial charge in [0.1, 0.15) is 5.60 Å². The van der Waals surface area contributed by atoms with Gasteiger partial charge < -0.3 is 19.7 Å². The molecule has 22 heavy (non-hydrogen) atoms. The highest BCUT2D eigenvalue weighted by Crippen LogP contribution is 2.46. The molecule has 0 aromatic rings. The SMILES string of the molecule is CC(C)(C)OC(=O)N1C[C@@H]2C(NC(=O)C3CCOCC3)[C@@H]2C1. The van der Waals surface area contributed by atoms with Crippen molar-refractivity contribution in [3.05, 3.63) is 0 Å². The highest BCUT2D eigenvalue weighted by Gasteiger charge is 2.58. The van der Waals surface area contributed by atoms with Gasteiger partial charge in [0.15, 0.2) is 0 Å². The Bertz CT molecular complexity index is 442. The molecule has 0 bridgehead atoms. The third kappa shape index (κ3) is 3.37. The summed E-state index contributed by atoms with van der Waals surface area (Å²) in [6.07, 6.45) is 1.39. The molecule has 3 atom stereocenters. The van der Waals surface area contributed by atoms with Crippen LogP contribution in [0.15, 0.2) is 0 Å². The number of hydrogen-bond acceptors (Lipinski definition) is 4. The average Bonchev–Trinajstić information content (AvgIpc) is 2.90. The number of nitrogens with one attached hydrogen (secondary N) is 1. The monoisotopic (exact) mass is 310 g/mol. The van der Waals surface area contributed by atoms with Crippen molar-refractivity contribution in [3.63, 3.8) is 0 Å². The van der Waals surface area contributed by atoms with Crippen molar-refractivity contribution in [1.82, 2.24) is 10.2 Å². The Labute approximate surface area is 131 Å². The molecule has 1 saturated carbocycles. The number of ether oxygens (including phenoxy) is 2. The van der Waals surface area contributed by atoms with Gasteiger partial charge in [-0.3, -0.25) is 4.79 Å². The number of amides is 2. The van der Waals surface area contributed by atoms with E-state index in [4.69, 9.17) is 9.47 Å². The van der Waals surface area contributed by atoms with Gasteiger partial charge in [-0.1, -0.05) is 0 Å². The summed E-state index contributed by atoms with van der Waals surface area (Å²) in [4.78, 5) is 26.0. The molecule has 2 amide bonds. The van der Waals surface area contributed by atoms with E-state index in [1.54, 1.807) is 4.90 Å². The molecule has 1 unspecified atom stereocenters. The molecule has 2 saturated heterocycles. The molecule has 2 heterocycles. The van der Waals surface area contributed by atoms with Crippen molar-refractivity contribution in [2.75, 3.05) is 26.3 Å². The Kier molecular flexibility index (Phi) is 4.05. The van der Waals surface area contributed by atoms with Gasteiger partial charge >= 0.3 is 6.09 Å². The van der Waals surface area contributed by atoms with Crippen LogP contribution in [0.3, 0.4) is 0 Å². The van der Waals surface area contributed by atoms with Crippen LogP contribution in [0.4, 0.5) is 4.79 Å². The second kappa shape index (κ2) is 5.72. The van der Waals surface area contributed by atoms with Crippen molar-refractivity contribution >= 4 is 12.0 Å². The molecule has 2 aliphatic heterocycles. The van der Waals surface area contributed by atoms with Crippen LogP contribution in [-0.2, 0) is 14.3 Å². The molecule has 3 rings (SSSR count). The lowest BCUT2D eigenvalue weighted by Gasteiger charge is -2.26. The van der Waals surface area contributed by atoms with Gasteiger partial charge in [0.25, 0.3) is 0 Å². The second-order valence-electron chi connectivity index (χ2n) is 7.63. The molecule has 6 heteroatoms. The largest absolute Gasteiger partial charge is 0.444 e. The van der Waals surface area contributed by atoms with Crippen molar-refractivity contribution in [3.8, 4) is 0 Å². The Morgan fingerprint density at radius 3 is 2.27 bits per heavy atom. The molecule has 1 N–H and O–H groups in total. The summed E-state index contributed by atoms with van der Waals surface area (Å²) in [5.74, 6) is 1.05. The quantitative estimate of drug-likeness (QED) is 0.837. The number of nitrogens with zero attached hydrogens (tertiary/aromatic N) is 1. The molecule has 0 spiro atoms. The fraction of sp³-hybridized carbons (Fsp3) is 0.875. The van der Waals surface area contributed by atoms with Gasteiger partial charge in [-0.2, -0.15) is 0 Å². The summed E-state index contributed by atoms with van der Waals surface area (Å²) in [5.41, 5.74) is -0.458. The minimum absolute atomic E-state index is 0.0945. The van der Waals surface area contributed by atoms with E-state index in [2.05, 4.69) is 5.32 Å². The van der Waals surface area contributed by atoms with E-state index >= 15 is 0 Å². The van der Waals surface area contributed by atoms with Crippen LogP contribution in [0, 0.1) is 17.8 Å². The summed E-state index contributed by atoms with van der Waals surface area (Å²) < 4.78 is 10.7. The minimum atomic E-state index is -0.458. The first-order valence-corrected chi connectivity index (χ1v) is 8.21. The predicted molar refractivity (Wildman–Crippen MR) is 80.3 cm³/mol. The van der Waals surface area contributed by atoms with Crippen molar-refractivity contribution in [1.29, 1.82) is 0 Å². The number of piperidine rings is 1. The highest BCUT2D eigenvalue weighted by atomic mass is 16.6. The lowest BCUT2D eigenvalue weighted by molar-refractivity contribution is -0.128. The van der Waals surface area contributed by atoms with Crippen molar-refractivity contribution in [2.24, 2.45) is 17.8 Å². The number of likely N-dealkylation sites (tertiary alicyclic amines) is 1. The number of carbonyl (C=O) groups excluding carboxylic acids is 2. The minimum Gasteiger partial charge on any atom is -0.444 e. The third-order valence-corrected chi connectivity index (χ3v) is 4.75. The van der Waals surface area contributed by atoms with Gasteiger partial charge in [-0.25, -0.2) is 4.79 Å². The van der Waals surface area contributed by atoms with Crippen LogP contribution in [0.2, 0.25) is 0 Å². The van der Waals surface area contributed by atoms with Gasteiger partial charge in [-0.15, -0.1) is 0 Å². The number of rotatable bonds is 2. The summed E-state index contributed by atoms with van der Waals surface area (Å²) in [5, 5.41) is 3.16. The fourth-order valence-electron chi connectivity index (χ4n) is 3.46. The van der Waals surface area contributed by atoms with E-state index in [-0.39, 0.29) is 24.0 Å². The van der Waals surface area contributed by atoms with E-state index < -0.39 is 5.60 Å². The number of hydrogen-bond donors (Lipinski definition) is 1. The first kappa shape index (κ1) is 15.6. The van der Waals surface area contributed by atoms with E-state index in [0.717, 1.165) is 12.8 Å². The van der Waals surface area contributed by atoms with Crippen molar-refractivity contribution < 1.29 is 19.1 Å². The normalized spacial score (nSPS) is 31.6. The van der Waals surface area contributed by atoms with E-state index in [1.165, 1.54) is 0 Å². The van der Waals surface area contributed by atoms with E-state index in [9.17, 15) is 9.59 Å². The van der Waals surface area contributed by atoms with Gasteiger partial charge in [0, 0.05) is 50.1 Å². The van der Waals surface area contributed by atoms with Crippen molar-refractivity contribution in [2.45, 2.75) is 45.3 Å². The topological polar surface area (TPSA) is 67.9 Å².